The fourth-order valence-corrected chi connectivity index (χ4v) is 16.7. The molecule has 1 saturated heterocycles. The van der Waals surface area contributed by atoms with Gasteiger partial charge in [0.25, 0.3) is 0 Å². The summed E-state index contributed by atoms with van der Waals surface area (Å²) in [6, 6.07) is 3.00. The van der Waals surface area contributed by atoms with Crippen molar-refractivity contribution in [2.45, 2.75) is 45.2 Å². The lowest BCUT2D eigenvalue weighted by Crippen LogP contribution is -2.55. The van der Waals surface area contributed by atoms with Gasteiger partial charge >= 0.3 is 0 Å². The Morgan fingerprint density at radius 2 is 1.57 bits per heavy atom. The molecule has 1 rings (SSSR count). The Hall–Kier alpha value is 0.354. The first-order valence-corrected chi connectivity index (χ1v) is 12.1. The minimum absolute atomic E-state index is 0.859. The quantitative estimate of drug-likeness (QED) is 0.545. The highest BCUT2D eigenvalue weighted by atomic mass is 28.4. The van der Waals surface area contributed by atoms with Crippen LogP contribution in [0.2, 0.25) is 38.3 Å². The van der Waals surface area contributed by atoms with Crippen LogP contribution in [0.15, 0.2) is 0 Å². The molecule has 14 heavy (non-hydrogen) atoms. The monoisotopic (exact) mass is 231 g/mol. The van der Waals surface area contributed by atoms with Crippen LogP contribution >= 0.6 is 0 Å². The second-order valence-electron chi connectivity index (χ2n) is 5.47. The van der Waals surface area contributed by atoms with Crippen LogP contribution in [0.3, 0.4) is 0 Å². The van der Waals surface area contributed by atoms with E-state index in [2.05, 4.69) is 37.3 Å². The molecule has 0 N–H and O–H groups in total. The molecule has 2 nitrogen and oxygen atoms in total. The van der Waals surface area contributed by atoms with Gasteiger partial charge in [0.2, 0.25) is 0 Å². The molecule has 0 unspecified atom stereocenters. The van der Waals surface area contributed by atoms with Crippen molar-refractivity contribution in [2.75, 3.05) is 19.8 Å². The second kappa shape index (κ2) is 4.47. The maximum Gasteiger partial charge on any atom is 0.115 e. The summed E-state index contributed by atoms with van der Waals surface area (Å²) >= 11 is 0. The molecule has 1 aliphatic heterocycles. The molecule has 0 bridgehead atoms. The normalized spacial score (nSPS) is 25.5. The van der Waals surface area contributed by atoms with Gasteiger partial charge in [-0.1, -0.05) is 26.2 Å². The molecule has 0 spiro atoms. The first-order valence-electron chi connectivity index (χ1n) is 5.76. The summed E-state index contributed by atoms with van der Waals surface area (Å²) < 4.78 is 8.36. The van der Waals surface area contributed by atoms with E-state index in [1.165, 1.54) is 18.6 Å². The minimum Gasteiger partial charge on any atom is -0.380 e. The molecule has 0 aromatic heterocycles. The van der Waals surface area contributed by atoms with Crippen molar-refractivity contribution in [1.29, 1.82) is 0 Å². The average molecular weight is 231 g/mol. The zero-order valence-corrected chi connectivity index (χ0v) is 12.4. The Labute approximate surface area is 90.8 Å². The number of hydrogen-bond acceptors (Lipinski definition) is 2. The highest BCUT2D eigenvalue weighted by Crippen LogP contribution is 2.36. The summed E-state index contributed by atoms with van der Waals surface area (Å²) in [6.07, 6.45) is 0. The SMILES string of the molecule is CCOCCN1[Si](C)(C)CC[Si]1(C)C. The summed E-state index contributed by atoms with van der Waals surface area (Å²) in [7, 11) is -2.08. The molecule has 0 aliphatic carbocycles. The number of hydrogen-bond donors (Lipinski definition) is 0. The molecule has 0 amide bonds. The van der Waals surface area contributed by atoms with Crippen molar-refractivity contribution in [3.63, 3.8) is 0 Å². The summed E-state index contributed by atoms with van der Waals surface area (Å²) in [5.74, 6) is 0. The van der Waals surface area contributed by atoms with Crippen molar-refractivity contribution in [1.82, 2.24) is 4.23 Å². The van der Waals surface area contributed by atoms with Gasteiger partial charge in [-0.3, -0.25) is 0 Å². The van der Waals surface area contributed by atoms with E-state index in [1.54, 1.807) is 0 Å². The van der Waals surface area contributed by atoms with Crippen LogP contribution in [0.5, 0.6) is 0 Å². The van der Waals surface area contributed by atoms with E-state index in [1.807, 2.05) is 0 Å². The second-order valence-corrected chi connectivity index (χ2v) is 15.3. The van der Waals surface area contributed by atoms with E-state index in [4.69, 9.17) is 4.74 Å². The molecule has 1 aliphatic rings. The third kappa shape index (κ3) is 2.69. The number of rotatable bonds is 4. The van der Waals surface area contributed by atoms with Gasteiger partial charge in [-0.05, 0) is 19.0 Å². The molecule has 4 heteroatoms. The molecule has 1 heterocycles. The number of nitrogens with zero attached hydrogens (tertiary/aromatic N) is 1. The van der Waals surface area contributed by atoms with Gasteiger partial charge in [0.05, 0.1) is 6.61 Å². The van der Waals surface area contributed by atoms with Gasteiger partial charge in [-0.2, -0.15) is 0 Å². The molecular formula is C10H25NOSi2. The van der Waals surface area contributed by atoms with E-state index in [0.717, 1.165) is 13.2 Å². The van der Waals surface area contributed by atoms with Gasteiger partial charge in [-0.15, -0.1) is 0 Å². The zero-order chi connectivity index (χ0) is 10.8. The summed E-state index contributed by atoms with van der Waals surface area (Å²) in [4.78, 5) is 0. The van der Waals surface area contributed by atoms with Crippen LogP contribution in [0.4, 0.5) is 0 Å². The van der Waals surface area contributed by atoms with Crippen LogP contribution in [-0.4, -0.2) is 40.5 Å². The van der Waals surface area contributed by atoms with Crippen LogP contribution in [0, 0.1) is 0 Å². The predicted molar refractivity (Wildman–Crippen MR) is 67.8 cm³/mol. The zero-order valence-electron chi connectivity index (χ0n) is 10.4. The predicted octanol–water partition coefficient (Wildman–Crippen LogP) is 2.75. The third-order valence-electron chi connectivity index (χ3n) is 3.47. The molecular weight excluding hydrogens is 206 g/mol. The van der Waals surface area contributed by atoms with Crippen molar-refractivity contribution < 1.29 is 4.74 Å². The van der Waals surface area contributed by atoms with E-state index in [9.17, 15) is 0 Å². The Morgan fingerprint density at radius 3 is 2.00 bits per heavy atom. The average Bonchev–Trinajstić information content (AvgIpc) is 2.27. The number of ether oxygens (including phenoxy) is 1. The fourth-order valence-electron chi connectivity index (χ4n) is 2.61. The maximum absolute atomic E-state index is 5.48. The summed E-state index contributed by atoms with van der Waals surface area (Å²) in [5.41, 5.74) is 0. The molecule has 0 atom stereocenters. The first kappa shape index (κ1) is 12.4. The maximum atomic E-state index is 5.48. The standard InChI is InChI=1S/C10H25NOSi2/c1-6-12-8-7-11-13(2,3)9-10-14(11,4)5/h6-10H2,1-5H3. The van der Waals surface area contributed by atoms with Gasteiger partial charge in [0, 0.05) is 13.2 Å². The van der Waals surface area contributed by atoms with E-state index >= 15 is 0 Å². The van der Waals surface area contributed by atoms with Crippen molar-refractivity contribution in [3.8, 4) is 0 Å². The van der Waals surface area contributed by atoms with Crippen molar-refractivity contribution in [2.24, 2.45) is 0 Å². The van der Waals surface area contributed by atoms with Gasteiger partial charge in [0.1, 0.15) is 16.5 Å². The van der Waals surface area contributed by atoms with E-state index < -0.39 is 16.5 Å². The van der Waals surface area contributed by atoms with Crippen LogP contribution in [0.1, 0.15) is 6.92 Å². The lowest BCUT2D eigenvalue weighted by Gasteiger charge is -2.38. The molecule has 84 valence electrons. The van der Waals surface area contributed by atoms with Crippen LogP contribution < -0.4 is 0 Å². The van der Waals surface area contributed by atoms with Gasteiger partial charge in [0.15, 0.2) is 0 Å². The van der Waals surface area contributed by atoms with E-state index in [-0.39, 0.29) is 0 Å². The third-order valence-corrected chi connectivity index (χ3v) is 13.9. The summed E-state index contributed by atoms with van der Waals surface area (Å²) in [6.45, 7) is 15.1. The summed E-state index contributed by atoms with van der Waals surface area (Å²) in [5, 5.41) is 0. The molecule has 0 saturated carbocycles. The minimum atomic E-state index is -1.04. The first-order chi connectivity index (χ1) is 6.40. The molecule has 0 aromatic carbocycles. The Kier molecular flexibility index (Phi) is 3.97. The van der Waals surface area contributed by atoms with E-state index in [0.29, 0.717) is 0 Å². The van der Waals surface area contributed by atoms with Crippen molar-refractivity contribution in [3.05, 3.63) is 0 Å². The molecule has 0 aromatic rings. The van der Waals surface area contributed by atoms with Crippen LogP contribution in [0.25, 0.3) is 0 Å². The van der Waals surface area contributed by atoms with Crippen LogP contribution in [-0.2, 0) is 4.74 Å². The fraction of sp³-hybridized carbons (Fsp3) is 1.00. The smallest absolute Gasteiger partial charge is 0.115 e. The highest BCUT2D eigenvalue weighted by molar-refractivity contribution is 6.95. The largest absolute Gasteiger partial charge is 0.380 e. The lowest BCUT2D eigenvalue weighted by molar-refractivity contribution is 0.143. The Bertz CT molecular complexity index is 179. The van der Waals surface area contributed by atoms with Crippen molar-refractivity contribution >= 4 is 16.5 Å². The highest BCUT2D eigenvalue weighted by Gasteiger charge is 2.46. The Balaban J connectivity index is 2.53. The molecule has 1 fully saturated rings. The topological polar surface area (TPSA) is 12.5 Å². The Morgan fingerprint density at radius 1 is 1.07 bits per heavy atom. The van der Waals surface area contributed by atoms with Gasteiger partial charge < -0.3 is 8.97 Å². The molecule has 0 radical (unpaired) electrons. The van der Waals surface area contributed by atoms with Gasteiger partial charge in [-0.25, -0.2) is 0 Å². The lowest BCUT2D eigenvalue weighted by atomic mass is 10.7.